The predicted molar refractivity (Wildman–Crippen MR) is 114 cm³/mol. The minimum Gasteiger partial charge on any atom is -0.477 e. The topological polar surface area (TPSA) is 60.0 Å². The molecule has 1 N–H and O–H groups in total. The van der Waals surface area contributed by atoms with E-state index in [9.17, 15) is 9.90 Å². The van der Waals surface area contributed by atoms with Crippen molar-refractivity contribution in [1.82, 2.24) is 14.3 Å². The summed E-state index contributed by atoms with van der Waals surface area (Å²) in [4.78, 5) is 12.4. The predicted octanol–water partition coefficient (Wildman–Crippen LogP) is 5.38. The molecule has 2 heterocycles. The second-order valence-corrected chi connectivity index (χ2v) is 7.30. The van der Waals surface area contributed by atoms with E-state index in [1.165, 1.54) is 0 Å². The first-order chi connectivity index (χ1) is 14.1. The Balaban J connectivity index is 1.83. The molecule has 0 aliphatic heterocycles. The highest BCUT2D eigenvalue weighted by atomic mass is 35.5. The molecular formula is C23H16ClN3O2. The number of hydrogen-bond donors (Lipinski definition) is 1. The van der Waals surface area contributed by atoms with Crippen molar-refractivity contribution in [2.24, 2.45) is 0 Å². The Morgan fingerprint density at radius 3 is 2.52 bits per heavy atom. The van der Waals surface area contributed by atoms with E-state index in [0.717, 1.165) is 27.4 Å². The van der Waals surface area contributed by atoms with Gasteiger partial charge in [0.15, 0.2) is 5.69 Å². The summed E-state index contributed by atoms with van der Waals surface area (Å²) in [6.07, 6.45) is 1.85. The molecule has 29 heavy (non-hydrogen) atoms. The van der Waals surface area contributed by atoms with Crippen molar-refractivity contribution in [2.75, 3.05) is 0 Å². The number of carbonyl (C=O) groups is 1. The number of fused-ring (bicyclic) bond motifs is 2. The lowest BCUT2D eigenvalue weighted by molar-refractivity contribution is 0.0686. The lowest BCUT2D eigenvalue weighted by Crippen LogP contribution is -2.12. The van der Waals surface area contributed by atoms with Crippen molar-refractivity contribution in [3.63, 3.8) is 0 Å². The average Bonchev–Trinajstić information content (AvgIpc) is 3.27. The van der Waals surface area contributed by atoms with Crippen LogP contribution in [0.25, 0.3) is 27.5 Å². The van der Waals surface area contributed by atoms with Gasteiger partial charge in [0.05, 0.1) is 11.0 Å². The summed E-state index contributed by atoms with van der Waals surface area (Å²) in [7, 11) is 0. The van der Waals surface area contributed by atoms with Crippen molar-refractivity contribution >= 4 is 39.4 Å². The Bertz CT molecular complexity index is 1340. The lowest BCUT2D eigenvalue weighted by Gasteiger charge is -2.09. The van der Waals surface area contributed by atoms with Gasteiger partial charge in [0.2, 0.25) is 0 Å². The second-order valence-electron chi connectivity index (χ2n) is 6.87. The van der Waals surface area contributed by atoms with Crippen molar-refractivity contribution in [1.29, 1.82) is 0 Å². The van der Waals surface area contributed by atoms with Gasteiger partial charge < -0.3 is 9.67 Å². The highest BCUT2D eigenvalue weighted by molar-refractivity contribution is 6.31. The van der Waals surface area contributed by atoms with Gasteiger partial charge in [-0.3, -0.25) is 0 Å². The van der Waals surface area contributed by atoms with Crippen molar-refractivity contribution in [2.45, 2.75) is 6.54 Å². The highest BCUT2D eigenvalue weighted by Crippen LogP contribution is 2.33. The summed E-state index contributed by atoms with van der Waals surface area (Å²) < 4.78 is 3.46. The normalized spacial score (nSPS) is 11.3. The molecule has 0 radical (unpaired) electrons. The first-order valence-electron chi connectivity index (χ1n) is 9.15. The van der Waals surface area contributed by atoms with Crippen molar-refractivity contribution < 1.29 is 9.90 Å². The zero-order valence-corrected chi connectivity index (χ0v) is 16.0. The van der Waals surface area contributed by atoms with Gasteiger partial charge in [0.1, 0.15) is 5.69 Å². The molecule has 6 heteroatoms. The molecule has 142 valence electrons. The molecule has 0 saturated heterocycles. The van der Waals surface area contributed by atoms with E-state index in [4.69, 9.17) is 11.6 Å². The maximum atomic E-state index is 12.4. The van der Waals surface area contributed by atoms with Gasteiger partial charge in [-0.2, -0.15) is 5.10 Å². The summed E-state index contributed by atoms with van der Waals surface area (Å²) in [5.74, 6) is -1.01. The van der Waals surface area contributed by atoms with Crippen LogP contribution in [0.3, 0.4) is 0 Å². The van der Waals surface area contributed by atoms with E-state index < -0.39 is 5.97 Å². The van der Waals surface area contributed by atoms with Gasteiger partial charge in [-0.1, -0.05) is 60.1 Å². The standard InChI is InChI=1S/C23H16ClN3O2/c24-17-10-11-20-18(12-17)21(27-14-16-8-4-5-9-19(16)25-27)22(23(28)29)26(20)13-15-6-2-1-3-7-15/h1-12,14H,13H2,(H,28,29). The van der Waals surface area contributed by atoms with Crippen LogP contribution in [0.4, 0.5) is 0 Å². The maximum absolute atomic E-state index is 12.4. The van der Waals surface area contributed by atoms with E-state index in [0.29, 0.717) is 17.3 Å². The lowest BCUT2D eigenvalue weighted by atomic mass is 10.2. The van der Waals surface area contributed by atoms with E-state index in [2.05, 4.69) is 5.10 Å². The Hall–Kier alpha value is -3.57. The van der Waals surface area contributed by atoms with E-state index in [1.807, 2.05) is 71.4 Å². The third-order valence-electron chi connectivity index (χ3n) is 5.03. The average molecular weight is 402 g/mol. The third-order valence-corrected chi connectivity index (χ3v) is 5.26. The molecular weight excluding hydrogens is 386 g/mol. The molecule has 5 aromatic rings. The van der Waals surface area contributed by atoms with Crippen LogP contribution in [-0.4, -0.2) is 25.4 Å². The number of hydrogen-bond acceptors (Lipinski definition) is 2. The monoisotopic (exact) mass is 401 g/mol. The summed E-state index contributed by atoms with van der Waals surface area (Å²) in [5, 5.41) is 17.0. The summed E-state index contributed by atoms with van der Waals surface area (Å²) >= 11 is 6.27. The number of rotatable bonds is 4. The Kier molecular flexibility index (Phi) is 4.11. The quantitative estimate of drug-likeness (QED) is 0.439. The molecule has 0 atom stereocenters. The van der Waals surface area contributed by atoms with Crippen LogP contribution >= 0.6 is 11.6 Å². The minimum absolute atomic E-state index is 0.180. The van der Waals surface area contributed by atoms with Crippen molar-refractivity contribution in [3.05, 3.63) is 95.3 Å². The molecule has 0 aliphatic rings. The zero-order valence-electron chi connectivity index (χ0n) is 15.3. The Labute approximate surface area is 171 Å². The van der Waals surface area contributed by atoms with Crippen LogP contribution in [0.15, 0.2) is 79.0 Å². The molecule has 0 unspecified atom stereocenters. The molecule has 2 aromatic heterocycles. The number of halogens is 1. The summed E-state index contributed by atoms with van der Waals surface area (Å²) in [6.45, 7) is 0.432. The van der Waals surface area contributed by atoms with Gasteiger partial charge in [-0.05, 0) is 29.8 Å². The van der Waals surface area contributed by atoms with Crippen LogP contribution in [0.5, 0.6) is 0 Å². The third kappa shape index (κ3) is 2.96. The van der Waals surface area contributed by atoms with Gasteiger partial charge in [0.25, 0.3) is 0 Å². The number of nitrogens with zero attached hydrogens (tertiary/aromatic N) is 3. The fourth-order valence-electron chi connectivity index (χ4n) is 3.77. The van der Waals surface area contributed by atoms with E-state index in [-0.39, 0.29) is 5.69 Å². The number of aromatic carboxylic acids is 1. The number of carboxylic acids is 1. The highest BCUT2D eigenvalue weighted by Gasteiger charge is 2.25. The summed E-state index contributed by atoms with van der Waals surface area (Å²) in [5.41, 5.74) is 3.31. The smallest absolute Gasteiger partial charge is 0.354 e. The van der Waals surface area contributed by atoms with E-state index >= 15 is 0 Å². The van der Waals surface area contributed by atoms with Crippen LogP contribution in [-0.2, 0) is 6.54 Å². The zero-order chi connectivity index (χ0) is 20.0. The minimum atomic E-state index is -1.01. The number of aromatic nitrogens is 3. The fraction of sp³-hybridized carbons (Fsp3) is 0.0435. The Morgan fingerprint density at radius 2 is 1.76 bits per heavy atom. The van der Waals surface area contributed by atoms with Crippen LogP contribution in [0.1, 0.15) is 16.1 Å². The van der Waals surface area contributed by atoms with E-state index in [1.54, 1.807) is 16.8 Å². The van der Waals surface area contributed by atoms with Gasteiger partial charge in [-0.25, -0.2) is 9.48 Å². The first-order valence-corrected chi connectivity index (χ1v) is 9.53. The molecule has 0 saturated carbocycles. The molecule has 0 fully saturated rings. The molecule has 0 aliphatic carbocycles. The Morgan fingerprint density at radius 1 is 1.00 bits per heavy atom. The molecule has 5 rings (SSSR count). The molecule has 0 amide bonds. The number of carboxylic acid groups (broad SMARTS) is 1. The number of benzene rings is 3. The second kappa shape index (κ2) is 6.79. The van der Waals surface area contributed by atoms with Crippen LogP contribution < -0.4 is 0 Å². The SMILES string of the molecule is O=C(O)c1c(-n2cc3ccccc3n2)c2cc(Cl)ccc2n1Cc1ccccc1. The van der Waals surface area contributed by atoms with Gasteiger partial charge in [-0.15, -0.1) is 0 Å². The first kappa shape index (κ1) is 17.5. The van der Waals surface area contributed by atoms with Gasteiger partial charge in [0, 0.05) is 28.5 Å². The van der Waals surface area contributed by atoms with Crippen molar-refractivity contribution in [3.8, 4) is 5.69 Å². The van der Waals surface area contributed by atoms with Crippen LogP contribution in [0.2, 0.25) is 5.02 Å². The molecule has 3 aromatic carbocycles. The fourth-order valence-corrected chi connectivity index (χ4v) is 3.94. The molecule has 0 bridgehead atoms. The van der Waals surface area contributed by atoms with Gasteiger partial charge >= 0.3 is 5.97 Å². The maximum Gasteiger partial charge on any atom is 0.354 e. The largest absolute Gasteiger partial charge is 0.477 e. The molecule has 0 spiro atoms. The van der Waals surface area contributed by atoms with Crippen LogP contribution in [0, 0.1) is 0 Å². The molecule has 5 nitrogen and oxygen atoms in total. The summed E-state index contributed by atoms with van der Waals surface area (Å²) in [6, 6.07) is 22.9.